The number of nitrogens with zero attached hydrogens (tertiary/aromatic N) is 1. The van der Waals surface area contributed by atoms with Crippen molar-refractivity contribution in [1.82, 2.24) is 10.3 Å². The zero-order valence-electron chi connectivity index (χ0n) is 12.2. The third-order valence-electron chi connectivity index (χ3n) is 3.63. The van der Waals surface area contributed by atoms with Gasteiger partial charge in [-0.1, -0.05) is 26.0 Å². The first-order valence-corrected chi connectivity index (χ1v) is 8.07. The molecule has 4 heteroatoms. The lowest BCUT2D eigenvalue weighted by molar-refractivity contribution is 0.491. The van der Waals surface area contributed by atoms with Crippen LogP contribution in [0.5, 0.6) is 0 Å². The summed E-state index contributed by atoms with van der Waals surface area (Å²) in [6.07, 6.45) is 4.07. The summed E-state index contributed by atoms with van der Waals surface area (Å²) in [5.74, 6) is 0.539. The minimum Gasteiger partial charge on any atom is -0.399 e. The van der Waals surface area contributed by atoms with Crippen molar-refractivity contribution in [3.63, 3.8) is 0 Å². The number of anilines is 1. The Kier molecular flexibility index (Phi) is 5.56. The van der Waals surface area contributed by atoms with Gasteiger partial charge in [-0.15, -0.1) is 11.3 Å². The van der Waals surface area contributed by atoms with Gasteiger partial charge in [-0.2, -0.15) is 0 Å². The van der Waals surface area contributed by atoms with Crippen LogP contribution >= 0.6 is 11.3 Å². The van der Waals surface area contributed by atoms with E-state index in [9.17, 15) is 0 Å². The molecule has 2 rings (SSSR count). The van der Waals surface area contributed by atoms with Crippen molar-refractivity contribution in [3.05, 3.63) is 46.4 Å². The van der Waals surface area contributed by atoms with Crippen LogP contribution in [0.4, 0.5) is 5.69 Å². The number of benzene rings is 1. The molecule has 0 radical (unpaired) electrons. The first-order valence-electron chi connectivity index (χ1n) is 7.19. The summed E-state index contributed by atoms with van der Waals surface area (Å²) < 4.78 is 0. The molecule has 3 N–H and O–H groups in total. The van der Waals surface area contributed by atoms with Gasteiger partial charge in [0.2, 0.25) is 0 Å². The number of nitrogens with two attached hydrogens (primary N) is 1. The average Bonchev–Trinajstić information content (AvgIpc) is 2.98. The second-order valence-electron chi connectivity index (χ2n) is 5.14. The second kappa shape index (κ2) is 7.41. The van der Waals surface area contributed by atoms with Gasteiger partial charge in [0.15, 0.2) is 0 Å². The van der Waals surface area contributed by atoms with E-state index in [1.807, 2.05) is 23.7 Å². The molecule has 3 nitrogen and oxygen atoms in total. The van der Waals surface area contributed by atoms with Gasteiger partial charge in [-0.05, 0) is 43.0 Å². The quantitative estimate of drug-likeness (QED) is 0.759. The zero-order valence-corrected chi connectivity index (χ0v) is 13.0. The van der Waals surface area contributed by atoms with Crippen LogP contribution in [0.25, 0.3) is 0 Å². The van der Waals surface area contributed by atoms with E-state index in [2.05, 4.69) is 36.3 Å². The Morgan fingerprint density at radius 3 is 2.65 bits per heavy atom. The van der Waals surface area contributed by atoms with E-state index < -0.39 is 0 Å². The molecule has 1 aromatic heterocycles. The molecule has 1 aromatic carbocycles. The number of hydrogen-bond acceptors (Lipinski definition) is 4. The van der Waals surface area contributed by atoms with Gasteiger partial charge in [0.1, 0.15) is 5.01 Å². The largest absolute Gasteiger partial charge is 0.399 e. The minimum absolute atomic E-state index is 0.383. The van der Waals surface area contributed by atoms with Gasteiger partial charge in [-0.25, -0.2) is 4.98 Å². The molecule has 0 fully saturated rings. The van der Waals surface area contributed by atoms with Crippen LogP contribution in [0.3, 0.4) is 0 Å². The van der Waals surface area contributed by atoms with Gasteiger partial charge < -0.3 is 11.1 Å². The summed E-state index contributed by atoms with van der Waals surface area (Å²) in [6, 6.07) is 8.58. The van der Waals surface area contributed by atoms with E-state index in [-0.39, 0.29) is 0 Å². The molecule has 0 aliphatic carbocycles. The van der Waals surface area contributed by atoms with Gasteiger partial charge in [0, 0.05) is 17.3 Å². The van der Waals surface area contributed by atoms with E-state index in [1.54, 1.807) is 11.3 Å². The van der Waals surface area contributed by atoms with Crippen molar-refractivity contribution in [3.8, 4) is 0 Å². The molecular formula is C16H23N3S. The van der Waals surface area contributed by atoms with Gasteiger partial charge in [-0.3, -0.25) is 0 Å². The van der Waals surface area contributed by atoms with Gasteiger partial charge in [0.05, 0.1) is 6.04 Å². The summed E-state index contributed by atoms with van der Waals surface area (Å²) in [6.45, 7) is 5.46. The molecule has 0 spiro atoms. The maximum atomic E-state index is 5.72. The summed E-state index contributed by atoms with van der Waals surface area (Å²) in [5, 5.41) is 6.83. The molecule has 1 heterocycles. The lowest BCUT2D eigenvalue weighted by Gasteiger charge is -2.17. The van der Waals surface area contributed by atoms with Crippen molar-refractivity contribution < 1.29 is 0 Å². The molecular weight excluding hydrogens is 266 g/mol. The first kappa shape index (κ1) is 15.0. The van der Waals surface area contributed by atoms with Gasteiger partial charge in [0.25, 0.3) is 0 Å². The molecule has 20 heavy (non-hydrogen) atoms. The molecule has 0 saturated heterocycles. The fourth-order valence-corrected chi connectivity index (χ4v) is 3.08. The van der Waals surface area contributed by atoms with Crippen LogP contribution < -0.4 is 11.1 Å². The highest BCUT2D eigenvalue weighted by molar-refractivity contribution is 7.09. The van der Waals surface area contributed by atoms with E-state index in [0.29, 0.717) is 12.0 Å². The van der Waals surface area contributed by atoms with Crippen molar-refractivity contribution >= 4 is 17.0 Å². The van der Waals surface area contributed by atoms with E-state index in [0.717, 1.165) is 25.1 Å². The number of nitrogens with one attached hydrogen (secondary N) is 1. The number of rotatable bonds is 7. The molecule has 0 bridgehead atoms. The van der Waals surface area contributed by atoms with Crippen LogP contribution in [0, 0.1) is 0 Å². The molecule has 0 aliphatic heterocycles. The standard InChI is InChI=1S/C16H23N3S/c1-3-15(16-19-10-11-20-16)18-9-8-12(2)13-4-6-14(17)7-5-13/h4-7,10-12,15,18H,3,8-9,17H2,1-2H3. The fraction of sp³-hybridized carbons (Fsp3) is 0.438. The monoisotopic (exact) mass is 289 g/mol. The summed E-state index contributed by atoms with van der Waals surface area (Å²) in [7, 11) is 0. The number of thiazole rings is 1. The Labute approximate surface area is 125 Å². The lowest BCUT2D eigenvalue weighted by Crippen LogP contribution is -2.22. The molecule has 0 amide bonds. The number of aromatic nitrogens is 1. The molecule has 2 atom stereocenters. The molecule has 0 saturated carbocycles. The van der Waals surface area contributed by atoms with Crippen LogP contribution in [-0.4, -0.2) is 11.5 Å². The fourth-order valence-electron chi connectivity index (χ4n) is 2.28. The Morgan fingerprint density at radius 2 is 2.05 bits per heavy atom. The third-order valence-corrected chi connectivity index (χ3v) is 4.52. The van der Waals surface area contributed by atoms with Crippen molar-refractivity contribution in [1.29, 1.82) is 0 Å². The van der Waals surface area contributed by atoms with E-state index in [4.69, 9.17) is 5.73 Å². The minimum atomic E-state index is 0.383. The normalized spacial score (nSPS) is 14.1. The lowest BCUT2D eigenvalue weighted by atomic mass is 9.97. The highest BCUT2D eigenvalue weighted by atomic mass is 32.1. The second-order valence-corrected chi connectivity index (χ2v) is 6.07. The predicted molar refractivity (Wildman–Crippen MR) is 87.0 cm³/mol. The Balaban J connectivity index is 1.81. The summed E-state index contributed by atoms with van der Waals surface area (Å²) in [5.41, 5.74) is 7.90. The van der Waals surface area contributed by atoms with Crippen molar-refractivity contribution in [2.24, 2.45) is 0 Å². The highest BCUT2D eigenvalue weighted by Gasteiger charge is 2.12. The number of hydrogen-bond donors (Lipinski definition) is 2. The SMILES string of the molecule is CCC(NCCC(C)c1ccc(N)cc1)c1nccs1. The molecule has 2 aromatic rings. The molecule has 108 valence electrons. The van der Waals surface area contributed by atoms with Crippen LogP contribution in [0.1, 0.15) is 49.2 Å². The van der Waals surface area contributed by atoms with Crippen LogP contribution in [0.2, 0.25) is 0 Å². The Bertz CT molecular complexity index is 493. The smallest absolute Gasteiger partial charge is 0.109 e. The Hall–Kier alpha value is -1.39. The van der Waals surface area contributed by atoms with Crippen LogP contribution in [-0.2, 0) is 0 Å². The third kappa shape index (κ3) is 4.05. The van der Waals surface area contributed by atoms with Crippen molar-refractivity contribution in [2.45, 2.75) is 38.6 Å². The van der Waals surface area contributed by atoms with Gasteiger partial charge >= 0.3 is 0 Å². The predicted octanol–water partition coefficient (Wildman–Crippen LogP) is 3.96. The van der Waals surface area contributed by atoms with E-state index in [1.165, 1.54) is 10.6 Å². The van der Waals surface area contributed by atoms with Crippen molar-refractivity contribution in [2.75, 3.05) is 12.3 Å². The maximum Gasteiger partial charge on any atom is 0.109 e. The summed E-state index contributed by atoms with van der Waals surface area (Å²) in [4.78, 5) is 4.40. The maximum absolute atomic E-state index is 5.72. The number of nitrogen functional groups attached to an aromatic ring is 1. The zero-order chi connectivity index (χ0) is 14.4. The molecule has 0 aliphatic rings. The topological polar surface area (TPSA) is 50.9 Å². The Morgan fingerprint density at radius 1 is 1.30 bits per heavy atom. The first-order chi connectivity index (χ1) is 9.70. The van der Waals surface area contributed by atoms with E-state index >= 15 is 0 Å². The average molecular weight is 289 g/mol. The summed E-state index contributed by atoms with van der Waals surface area (Å²) >= 11 is 1.72. The highest BCUT2D eigenvalue weighted by Crippen LogP contribution is 2.22. The molecule has 2 unspecified atom stereocenters. The van der Waals surface area contributed by atoms with Crippen LogP contribution in [0.15, 0.2) is 35.8 Å².